The molecule has 0 heterocycles. The number of rotatable bonds is 1. The first-order valence-electron chi connectivity index (χ1n) is 3.94. The monoisotopic (exact) mass is 178 g/mol. The molecule has 0 aromatic heterocycles. The predicted molar refractivity (Wildman–Crippen MR) is 49.5 cm³/mol. The lowest BCUT2D eigenvalue weighted by Gasteiger charge is -2.17. The van der Waals surface area contributed by atoms with E-state index >= 15 is 0 Å². The molecule has 1 aromatic carbocycles. The van der Waals surface area contributed by atoms with Gasteiger partial charge in [0.2, 0.25) is 0 Å². The summed E-state index contributed by atoms with van der Waals surface area (Å²) in [6, 6.07) is 6.21. The average Bonchev–Trinajstić information content (AvgIpc) is 2.03. The number of anilines is 1. The summed E-state index contributed by atoms with van der Waals surface area (Å²) in [6.45, 7) is 3.49. The van der Waals surface area contributed by atoms with Crippen LogP contribution in [0, 0.1) is 17.1 Å². The molecule has 0 aliphatic carbocycles. The summed E-state index contributed by atoms with van der Waals surface area (Å²) in [5.74, 6) is -0.380. The lowest BCUT2D eigenvalue weighted by Crippen LogP contribution is -2.16. The molecule has 0 unspecified atom stereocenters. The number of nitrogen functional groups attached to an aromatic ring is 1. The highest BCUT2D eigenvalue weighted by Crippen LogP contribution is 2.27. The van der Waals surface area contributed by atoms with Crippen molar-refractivity contribution >= 4 is 5.69 Å². The first-order chi connectivity index (χ1) is 5.97. The Hall–Kier alpha value is -1.56. The van der Waals surface area contributed by atoms with E-state index in [-0.39, 0.29) is 5.82 Å². The van der Waals surface area contributed by atoms with Crippen LogP contribution in [0.5, 0.6) is 0 Å². The predicted octanol–water partition coefficient (Wildman–Crippen LogP) is 2.21. The number of hydrogen-bond donors (Lipinski definition) is 1. The molecule has 0 saturated carbocycles. The van der Waals surface area contributed by atoms with Gasteiger partial charge in [0, 0.05) is 5.69 Å². The van der Waals surface area contributed by atoms with Crippen molar-refractivity contribution < 1.29 is 4.39 Å². The van der Waals surface area contributed by atoms with Crippen LogP contribution < -0.4 is 5.73 Å². The van der Waals surface area contributed by atoms with Gasteiger partial charge in [0.05, 0.1) is 11.5 Å². The number of benzene rings is 1. The molecule has 2 nitrogen and oxygen atoms in total. The zero-order valence-electron chi connectivity index (χ0n) is 7.63. The fourth-order valence-electron chi connectivity index (χ4n) is 1.16. The second-order valence-corrected chi connectivity index (χ2v) is 3.47. The maximum atomic E-state index is 12.7. The Kier molecular flexibility index (Phi) is 2.24. The van der Waals surface area contributed by atoms with Gasteiger partial charge in [-0.05, 0) is 31.5 Å². The Morgan fingerprint density at radius 3 is 2.54 bits per heavy atom. The standard InChI is InChI=1S/C10H11FN2/c1-10(2,6-12)8-4-3-7(11)5-9(8)13/h3-5H,13H2,1-2H3. The topological polar surface area (TPSA) is 49.8 Å². The van der Waals surface area contributed by atoms with Crippen molar-refractivity contribution in [3.8, 4) is 6.07 Å². The van der Waals surface area contributed by atoms with Crippen molar-refractivity contribution in [1.29, 1.82) is 5.26 Å². The summed E-state index contributed by atoms with van der Waals surface area (Å²) in [7, 11) is 0. The van der Waals surface area contributed by atoms with Crippen molar-refractivity contribution in [2.75, 3.05) is 5.73 Å². The normalized spacial score (nSPS) is 10.9. The van der Waals surface area contributed by atoms with E-state index in [4.69, 9.17) is 11.0 Å². The first kappa shape index (κ1) is 9.53. The molecule has 3 heteroatoms. The van der Waals surface area contributed by atoms with Crippen LogP contribution in [0.1, 0.15) is 19.4 Å². The van der Waals surface area contributed by atoms with E-state index in [1.807, 2.05) is 0 Å². The highest BCUT2D eigenvalue weighted by atomic mass is 19.1. The Bertz CT molecular complexity index is 364. The minimum atomic E-state index is -0.669. The van der Waals surface area contributed by atoms with Gasteiger partial charge in [-0.1, -0.05) is 6.07 Å². The third kappa shape index (κ3) is 1.78. The Balaban J connectivity index is 3.26. The summed E-state index contributed by atoms with van der Waals surface area (Å²) in [5, 5.41) is 8.84. The average molecular weight is 178 g/mol. The maximum Gasteiger partial charge on any atom is 0.125 e. The molecular weight excluding hydrogens is 167 g/mol. The minimum Gasteiger partial charge on any atom is -0.398 e. The van der Waals surface area contributed by atoms with E-state index in [0.717, 1.165) is 0 Å². The van der Waals surface area contributed by atoms with Crippen LogP contribution >= 0.6 is 0 Å². The van der Waals surface area contributed by atoms with E-state index < -0.39 is 5.41 Å². The zero-order chi connectivity index (χ0) is 10.1. The van der Waals surface area contributed by atoms with Crippen LogP contribution in [0.3, 0.4) is 0 Å². The highest BCUT2D eigenvalue weighted by Gasteiger charge is 2.22. The largest absolute Gasteiger partial charge is 0.398 e. The molecule has 0 aliphatic rings. The summed E-state index contributed by atoms with van der Waals surface area (Å²) in [5.41, 5.74) is 5.91. The molecular formula is C10H11FN2. The smallest absolute Gasteiger partial charge is 0.125 e. The molecule has 2 N–H and O–H groups in total. The zero-order valence-corrected chi connectivity index (χ0v) is 7.63. The molecule has 0 spiro atoms. The Labute approximate surface area is 76.8 Å². The molecule has 1 aromatic rings. The molecule has 0 fully saturated rings. The maximum absolute atomic E-state index is 12.7. The van der Waals surface area contributed by atoms with Crippen molar-refractivity contribution in [2.24, 2.45) is 0 Å². The molecule has 0 aliphatic heterocycles. The van der Waals surface area contributed by atoms with Gasteiger partial charge in [-0.3, -0.25) is 0 Å². The third-order valence-electron chi connectivity index (χ3n) is 1.97. The number of halogens is 1. The summed E-state index contributed by atoms with van der Waals surface area (Å²) in [6.07, 6.45) is 0. The highest BCUT2D eigenvalue weighted by molar-refractivity contribution is 5.52. The van der Waals surface area contributed by atoms with Crippen molar-refractivity contribution in [2.45, 2.75) is 19.3 Å². The molecule has 0 bridgehead atoms. The van der Waals surface area contributed by atoms with Crippen LogP contribution in [0.2, 0.25) is 0 Å². The second-order valence-electron chi connectivity index (χ2n) is 3.47. The van der Waals surface area contributed by atoms with Gasteiger partial charge in [0.1, 0.15) is 5.82 Å². The van der Waals surface area contributed by atoms with Gasteiger partial charge in [0.25, 0.3) is 0 Å². The molecule has 0 radical (unpaired) electrons. The van der Waals surface area contributed by atoms with E-state index in [1.54, 1.807) is 19.9 Å². The van der Waals surface area contributed by atoms with Crippen molar-refractivity contribution in [3.05, 3.63) is 29.6 Å². The Morgan fingerprint density at radius 2 is 2.08 bits per heavy atom. The fourth-order valence-corrected chi connectivity index (χ4v) is 1.16. The molecule has 68 valence electrons. The van der Waals surface area contributed by atoms with Gasteiger partial charge in [0.15, 0.2) is 0 Å². The van der Waals surface area contributed by atoms with Crippen LogP contribution in [-0.4, -0.2) is 0 Å². The first-order valence-corrected chi connectivity index (χ1v) is 3.94. The van der Waals surface area contributed by atoms with Crippen LogP contribution in [0.15, 0.2) is 18.2 Å². The van der Waals surface area contributed by atoms with Gasteiger partial charge < -0.3 is 5.73 Å². The van der Waals surface area contributed by atoms with E-state index in [2.05, 4.69) is 6.07 Å². The van der Waals surface area contributed by atoms with Crippen molar-refractivity contribution in [3.63, 3.8) is 0 Å². The third-order valence-corrected chi connectivity index (χ3v) is 1.97. The van der Waals surface area contributed by atoms with Gasteiger partial charge in [-0.2, -0.15) is 5.26 Å². The molecule has 0 saturated heterocycles. The molecule has 0 atom stereocenters. The number of nitrogens with zero attached hydrogens (tertiary/aromatic N) is 1. The molecule has 1 rings (SSSR count). The fraction of sp³-hybridized carbons (Fsp3) is 0.300. The van der Waals surface area contributed by atoms with Crippen LogP contribution in [0.25, 0.3) is 0 Å². The number of hydrogen-bond acceptors (Lipinski definition) is 2. The SMILES string of the molecule is CC(C)(C#N)c1ccc(F)cc1N. The summed E-state index contributed by atoms with van der Waals surface area (Å²) >= 11 is 0. The summed E-state index contributed by atoms with van der Waals surface area (Å²) < 4.78 is 12.7. The quantitative estimate of drug-likeness (QED) is 0.670. The number of nitriles is 1. The van der Waals surface area contributed by atoms with Crippen LogP contribution in [-0.2, 0) is 5.41 Å². The molecule has 13 heavy (non-hydrogen) atoms. The van der Waals surface area contributed by atoms with Crippen LogP contribution in [0.4, 0.5) is 10.1 Å². The second kappa shape index (κ2) is 3.06. The van der Waals surface area contributed by atoms with Gasteiger partial charge in [-0.15, -0.1) is 0 Å². The van der Waals surface area contributed by atoms with E-state index in [1.165, 1.54) is 12.1 Å². The van der Waals surface area contributed by atoms with E-state index in [9.17, 15) is 4.39 Å². The summed E-state index contributed by atoms with van der Waals surface area (Å²) in [4.78, 5) is 0. The van der Waals surface area contributed by atoms with Crippen molar-refractivity contribution in [1.82, 2.24) is 0 Å². The van der Waals surface area contributed by atoms with Gasteiger partial charge >= 0.3 is 0 Å². The van der Waals surface area contributed by atoms with E-state index in [0.29, 0.717) is 11.3 Å². The minimum absolute atomic E-state index is 0.326. The lowest BCUT2D eigenvalue weighted by atomic mass is 9.85. The lowest BCUT2D eigenvalue weighted by molar-refractivity contribution is 0.623. The molecule has 0 amide bonds. The number of nitrogens with two attached hydrogens (primary N) is 1. The Morgan fingerprint density at radius 1 is 1.46 bits per heavy atom. The van der Waals surface area contributed by atoms with Gasteiger partial charge in [-0.25, -0.2) is 4.39 Å².